The molecule has 0 aliphatic heterocycles. The Balaban J connectivity index is 1.64. The zero-order valence-corrected chi connectivity index (χ0v) is 12.3. The van der Waals surface area contributed by atoms with Crippen molar-refractivity contribution >= 4 is 17.8 Å². The normalized spacial score (nSPS) is 20.0. The summed E-state index contributed by atoms with van der Waals surface area (Å²) < 4.78 is 0. The van der Waals surface area contributed by atoms with Crippen LogP contribution in [0.25, 0.3) is 0 Å². The van der Waals surface area contributed by atoms with Crippen molar-refractivity contribution in [1.82, 2.24) is 10.6 Å². The molecule has 2 aliphatic rings. The van der Waals surface area contributed by atoms with Crippen LogP contribution in [0.2, 0.25) is 0 Å². The fourth-order valence-electron chi connectivity index (χ4n) is 2.93. The van der Waals surface area contributed by atoms with E-state index in [1.54, 1.807) is 0 Å². The summed E-state index contributed by atoms with van der Waals surface area (Å²) in [5.74, 6) is -0.608. The number of carbonyl (C=O) groups excluding carboxylic acids is 2. The molecule has 0 aromatic rings. The number of amides is 2. The molecule has 0 saturated heterocycles. The summed E-state index contributed by atoms with van der Waals surface area (Å²) in [5, 5.41) is 14.4. The highest BCUT2D eigenvalue weighted by molar-refractivity contribution is 5.81. The predicted octanol–water partition coefficient (Wildman–Crippen LogP) is 1.05. The number of rotatable bonds is 8. The number of nitrogens with one attached hydrogen (secondary N) is 2. The van der Waals surface area contributed by atoms with Crippen LogP contribution in [-0.4, -0.2) is 35.5 Å². The van der Waals surface area contributed by atoms with Crippen molar-refractivity contribution in [3.8, 4) is 0 Å². The van der Waals surface area contributed by atoms with Crippen LogP contribution in [0, 0.1) is 11.8 Å². The first-order valence-corrected chi connectivity index (χ1v) is 7.85. The van der Waals surface area contributed by atoms with Crippen molar-refractivity contribution in [3.63, 3.8) is 0 Å². The minimum atomic E-state index is -0.887. The van der Waals surface area contributed by atoms with Gasteiger partial charge in [0.25, 0.3) is 0 Å². The van der Waals surface area contributed by atoms with Crippen molar-refractivity contribution < 1.29 is 19.5 Å². The predicted molar refractivity (Wildman–Crippen MR) is 76.5 cm³/mol. The molecule has 0 heterocycles. The maximum absolute atomic E-state index is 11.8. The van der Waals surface area contributed by atoms with E-state index in [1.165, 1.54) is 0 Å². The molecule has 0 aromatic carbocycles. The zero-order chi connectivity index (χ0) is 15.2. The van der Waals surface area contributed by atoms with Crippen LogP contribution in [0.4, 0.5) is 0 Å². The molecule has 1 unspecified atom stereocenters. The molecule has 2 rings (SSSR count). The Kier molecular flexibility index (Phi) is 5.59. The lowest BCUT2D eigenvalue weighted by Crippen LogP contribution is -2.40. The second-order valence-corrected chi connectivity index (χ2v) is 6.13. The fourth-order valence-corrected chi connectivity index (χ4v) is 2.93. The second-order valence-electron chi connectivity index (χ2n) is 6.13. The van der Waals surface area contributed by atoms with Crippen LogP contribution < -0.4 is 10.6 Å². The minimum absolute atomic E-state index is 0.0230. The minimum Gasteiger partial charge on any atom is -0.481 e. The van der Waals surface area contributed by atoms with Gasteiger partial charge in [0.1, 0.15) is 0 Å². The van der Waals surface area contributed by atoms with Crippen LogP contribution in [-0.2, 0) is 14.4 Å². The summed E-state index contributed by atoms with van der Waals surface area (Å²) in [6.45, 7) is 0.325. The molecule has 2 amide bonds. The van der Waals surface area contributed by atoms with Crippen LogP contribution >= 0.6 is 0 Å². The highest BCUT2D eigenvalue weighted by Gasteiger charge is 2.33. The topological polar surface area (TPSA) is 95.5 Å². The molecule has 0 aromatic heterocycles. The molecule has 0 radical (unpaired) electrons. The third-order valence-electron chi connectivity index (χ3n) is 4.31. The number of carboxylic acids is 1. The number of hydrogen-bond acceptors (Lipinski definition) is 3. The van der Waals surface area contributed by atoms with Gasteiger partial charge in [-0.15, -0.1) is 0 Å². The van der Waals surface area contributed by atoms with Gasteiger partial charge in [-0.05, 0) is 31.6 Å². The third-order valence-corrected chi connectivity index (χ3v) is 4.31. The van der Waals surface area contributed by atoms with E-state index in [0.29, 0.717) is 12.5 Å². The van der Waals surface area contributed by atoms with Crippen molar-refractivity contribution in [1.29, 1.82) is 0 Å². The molecule has 6 nitrogen and oxygen atoms in total. The SMILES string of the molecule is O=C(O)CC(NC(=O)CCNC(=O)C1CCCC1)C1CC1. The Labute approximate surface area is 124 Å². The van der Waals surface area contributed by atoms with Gasteiger partial charge in [-0.2, -0.15) is 0 Å². The van der Waals surface area contributed by atoms with E-state index in [2.05, 4.69) is 10.6 Å². The maximum atomic E-state index is 11.8. The standard InChI is InChI=1S/C15H24N2O4/c18-13(17-12(9-14(19)20)10-5-6-10)7-8-16-15(21)11-3-1-2-4-11/h10-12H,1-9H2,(H,16,21)(H,17,18)(H,19,20). The number of carbonyl (C=O) groups is 3. The molecule has 21 heavy (non-hydrogen) atoms. The van der Waals surface area contributed by atoms with Gasteiger partial charge in [0, 0.05) is 24.9 Å². The Morgan fingerprint density at radius 1 is 1.10 bits per heavy atom. The lowest BCUT2D eigenvalue weighted by atomic mass is 10.1. The Morgan fingerprint density at radius 3 is 2.33 bits per heavy atom. The number of hydrogen-bond donors (Lipinski definition) is 3. The maximum Gasteiger partial charge on any atom is 0.305 e. The molecule has 2 aliphatic carbocycles. The van der Waals surface area contributed by atoms with Crippen molar-refractivity contribution in [3.05, 3.63) is 0 Å². The third kappa shape index (κ3) is 5.36. The van der Waals surface area contributed by atoms with E-state index in [9.17, 15) is 14.4 Å². The van der Waals surface area contributed by atoms with Crippen molar-refractivity contribution in [2.75, 3.05) is 6.54 Å². The summed E-state index contributed by atoms with van der Waals surface area (Å²) >= 11 is 0. The van der Waals surface area contributed by atoms with Gasteiger partial charge >= 0.3 is 5.97 Å². The molecule has 1 atom stereocenters. The number of aliphatic carboxylic acids is 1. The zero-order valence-electron chi connectivity index (χ0n) is 12.3. The molecule has 6 heteroatoms. The smallest absolute Gasteiger partial charge is 0.305 e. The van der Waals surface area contributed by atoms with Gasteiger partial charge in [-0.25, -0.2) is 0 Å². The molecule has 3 N–H and O–H groups in total. The lowest BCUT2D eigenvalue weighted by molar-refractivity contribution is -0.137. The average molecular weight is 296 g/mol. The van der Waals surface area contributed by atoms with Gasteiger partial charge in [0.15, 0.2) is 0 Å². The lowest BCUT2D eigenvalue weighted by Gasteiger charge is -2.16. The first-order valence-electron chi connectivity index (χ1n) is 7.85. The van der Waals surface area contributed by atoms with E-state index in [1.807, 2.05) is 0 Å². The first-order chi connectivity index (χ1) is 10.1. The summed E-state index contributed by atoms with van der Waals surface area (Å²) in [4.78, 5) is 34.4. The summed E-state index contributed by atoms with van der Waals surface area (Å²) in [6.07, 6.45) is 6.26. The summed E-state index contributed by atoms with van der Waals surface area (Å²) in [7, 11) is 0. The van der Waals surface area contributed by atoms with Crippen LogP contribution in [0.5, 0.6) is 0 Å². The van der Waals surface area contributed by atoms with Gasteiger partial charge < -0.3 is 15.7 Å². The average Bonchev–Trinajstić information content (AvgIpc) is 3.12. The Hall–Kier alpha value is -1.59. The van der Waals surface area contributed by atoms with Gasteiger partial charge in [-0.1, -0.05) is 12.8 Å². The second kappa shape index (κ2) is 7.43. The molecular weight excluding hydrogens is 272 g/mol. The van der Waals surface area contributed by atoms with Gasteiger partial charge in [-0.3, -0.25) is 14.4 Å². The molecule has 0 bridgehead atoms. The van der Waals surface area contributed by atoms with Gasteiger partial charge in [0.2, 0.25) is 11.8 Å². The molecule has 0 spiro atoms. The van der Waals surface area contributed by atoms with E-state index in [4.69, 9.17) is 5.11 Å². The van der Waals surface area contributed by atoms with Crippen LogP contribution in [0.15, 0.2) is 0 Å². The Bertz CT molecular complexity index is 400. The van der Waals surface area contributed by atoms with E-state index >= 15 is 0 Å². The largest absolute Gasteiger partial charge is 0.481 e. The van der Waals surface area contributed by atoms with Crippen molar-refractivity contribution in [2.45, 2.75) is 57.4 Å². The summed E-state index contributed by atoms with van der Waals surface area (Å²) in [5.41, 5.74) is 0. The van der Waals surface area contributed by atoms with Crippen LogP contribution in [0.3, 0.4) is 0 Å². The number of carboxylic acid groups (broad SMARTS) is 1. The molecule has 2 fully saturated rings. The highest BCUT2D eigenvalue weighted by Crippen LogP contribution is 2.34. The fraction of sp³-hybridized carbons (Fsp3) is 0.800. The summed E-state index contributed by atoms with van der Waals surface area (Å²) in [6, 6.07) is -0.263. The highest BCUT2D eigenvalue weighted by atomic mass is 16.4. The van der Waals surface area contributed by atoms with Crippen LogP contribution in [0.1, 0.15) is 51.4 Å². The van der Waals surface area contributed by atoms with Crippen molar-refractivity contribution in [2.24, 2.45) is 11.8 Å². The molecular formula is C15H24N2O4. The molecule has 2 saturated carbocycles. The van der Waals surface area contributed by atoms with Gasteiger partial charge in [0.05, 0.1) is 6.42 Å². The first kappa shape index (κ1) is 15.8. The molecule has 118 valence electrons. The van der Waals surface area contributed by atoms with E-state index in [0.717, 1.165) is 38.5 Å². The quantitative estimate of drug-likeness (QED) is 0.624. The van der Waals surface area contributed by atoms with E-state index in [-0.39, 0.29) is 36.6 Å². The Morgan fingerprint density at radius 2 is 1.76 bits per heavy atom. The monoisotopic (exact) mass is 296 g/mol. The van der Waals surface area contributed by atoms with E-state index < -0.39 is 5.97 Å².